The van der Waals surface area contributed by atoms with E-state index in [-0.39, 0.29) is 6.61 Å². The lowest BCUT2D eigenvalue weighted by molar-refractivity contribution is 0.0520. The first kappa shape index (κ1) is 16.3. The van der Waals surface area contributed by atoms with Gasteiger partial charge in [0.1, 0.15) is 18.0 Å². The minimum atomic E-state index is -0.503. The topological polar surface area (TPSA) is 67.8 Å². The van der Waals surface area contributed by atoms with Gasteiger partial charge in [-0.2, -0.15) is 0 Å². The van der Waals surface area contributed by atoms with Gasteiger partial charge in [-0.15, -0.1) is 0 Å². The molecule has 112 valence electrons. The third-order valence-electron chi connectivity index (χ3n) is 2.59. The molecule has 0 atom stereocenters. The van der Waals surface area contributed by atoms with Crippen LogP contribution in [0.1, 0.15) is 31.9 Å². The molecule has 0 bridgehead atoms. The summed E-state index contributed by atoms with van der Waals surface area (Å²) in [5.41, 5.74) is 1.24. The lowest BCUT2D eigenvalue weighted by Gasteiger charge is -2.19. The van der Waals surface area contributed by atoms with Crippen molar-refractivity contribution in [1.29, 1.82) is 0 Å². The average Bonchev–Trinajstić information content (AvgIpc) is 2.34. The van der Waals surface area contributed by atoms with E-state index < -0.39 is 11.7 Å². The summed E-state index contributed by atoms with van der Waals surface area (Å²) in [4.78, 5) is 11.4. The van der Waals surface area contributed by atoms with Crippen molar-refractivity contribution < 1.29 is 19.4 Å². The fourth-order valence-corrected chi connectivity index (χ4v) is 1.62. The van der Waals surface area contributed by atoms with Gasteiger partial charge in [0.15, 0.2) is 0 Å². The predicted molar refractivity (Wildman–Crippen MR) is 76.8 cm³/mol. The maximum Gasteiger partial charge on any atom is 0.407 e. The SMILES string of the molecule is Cc1c(CO)cccc1OCCNC(=O)OC(C)(C)C. The van der Waals surface area contributed by atoms with Crippen molar-refractivity contribution in [1.82, 2.24) is 5.32 Å². The summed E-state index contributed by atoms with van der Waals surface area (Å²) in [7, 11) is 0. The fraction of sp³-hybridized carbons (Fsp3) is 0.533. The molecule has 1 aromatic carbocycles. The van der Waals surface area contributed by atoms with E-state index in [2.05, 4.69) is 5.32 Å². The van der Waals surface area contributed by atoms with Gasteiger partial charge in [0.05, 0.1) is 13.2 Å². The van der Waals surface area contributed by atoms with Gasteiger partial charge in [-0.05, 0) is 44.9 Å². The molecule has 0 aliphatic rings. The van der Waals surface area contributed by atoms with Gasteiger partial charge in [-0.1, -0.05) is 12.1 Å². The van der Waals surface area contributed by atoms with Crippen LogP contribution in [0.5, 0.6) is 5.75 Å². The van der Waals surface area contributed by atoms with E-state index in [4.69, 9.17) is 14.6 Å². The second-order valence-electron chi connectivity index (χ2n) is 5.48. The van der Waals surface area contributed by atoms with Gasteiger partial charge in [0.25, 0.3) is 0 Å². The maximum absolute atomic E-state index is 11.4. The Kier molecular flexibility index (Phi) is 5.82. The van der Waals surface area contributed by atoms with Crippen LogP contribution < -0.4 is 10.1 Å². The predicted octanol–water partition coefficient (Wildman–Crippen LogP) is 2.39. The van der Waals surface area contributed by atoms with Crippen LogP contribution in [0.25, 0.3) is 0 Å². The van der Waals surface area contributed by atoms with Crippen LogP contribution in [0, 0.1) is 6.92 Å². The minimum Gasteiger partial charge on any atom is -0.491 e. The monoisotopic (exact) mass is 281 g/mol. The summed E-state index contributed by atoms with van der Waals surface area (Å²) in [6, 6.07) is 5.51. The number of ether oxygens (including phenoxy) is 2. The molecule has 0 unspecified atom stereocenters. The maximum atomic E-state index is 11.4. The second-order valence-corrected chi connectivity index (χ2v) is 5.48. The summed E-state index contributed by atoms with van der Waals surface area (Å²) in [6.07, 6.45) is -0.457. The van der Waals surface area contributed by atoms with Crippen LogP contribution in [0.15, 0.2) is 18.2 Å². The van der Waals surface area contributed by atoms with Gasteiger partial charge >= 0.3 is 6.09 Å². The Balaban J connectivity index is 2.37. The van der Waals surface area contributed by atoms with Crippen LogP contribution in [-0.2, 0) is 11.3 Å². The average molecular weight is 281 g/mol. The molecule has 0 heterocycles. The normalized spacial score (nSPS) is 11.1. The molecule has 0 aliphatic carbocycles. The van der Waals surface area contributed by atoms with E-state index in [1.54, 1.807) is 0 Å². The number of rotatable bonds is 5. The molecular formula is C15H23NO4. The number of nitrogens with one attached hydrogen (secondary N) is 1. The van der Waals surface area contributed by atoms with Crippen molar-refractivity contribution in [2.45, 2.75) is 39.9 Å². The van der Waals surface area contributed by atoms with Gasteiger partial charge in [-0.25, -0.2) is 4.79 Å². The number of carbonyl (C=O) groups excluding carboxylic acids is 1. The van der Waals surface area contributed by atoms with Crippen LogP contribution >= 0.6 is 0 Å². The molecule has 1 amide bonds. The Bertz CT molecular complexity index is 452. The Hall–Kier alpha value is -1.75. The zero-order chi connectivity index (χ0) is 15.2. The smallest absolute Gasteiger partial charge is 0.407 e. The summed E-state index contributed by atoms with van der Waals surface area (Å²) >= 11 is 0. The molecule has 5 nitrogen and oxygen atoms in total. The lowest BCUT2D eigenvalue weighted by atomic mass is 10.1. The van der Waals surface area contributed by atoms with E-state index in [0.29, 0.717) is 18.9 Å². The Labute approximate surface area is 119 Å². The molecule has 0 aliphatic heterocycles. The lowest BCUT2D eigenvalue weighted by Crippen LogP contribution is -2.34. The molecule has 2 N–H and O–H groups in total. The van der Waals surface area contributed by atoms with Gasteiger partial charge in [-0.3, -0.25) is 0 Å². The summed E-state index contributed by atoms with van der Waals surface area (Å²) < 4.78 is 10.7. The molecule has 0 aromatic heterocycles. The fourth-order valence-electron chi connectivity index (χ4n) is 1.62. The van der Waals surface area contributed by atoms with Crippen LogP contribution in [0.3, 0.4) is 0 Å². The Morgan fingerprint density at radius 1 is 1.35 bits per heavy atom. The van der Waals surface area contributed by atoms with Crippen LogP contribution in [0.4, 0.5) is 4.79 Å². The molecule has 5 heteroatoms. The first-order chi connectivity index (χ1) is 9.33. The van der Waals surface area contributed by atoms with Gasteiger partial charge in [0, 0.05) is 0 Å². The number of benzene rings is 1. The number of amides is 1. The van der Waals surface area contributed by atoms with Crippen LogP contribution in [0.2, 0.25) is 0 Å². The standard InChI is InChI=1S/C15H23NO4/c1-11-12(10-17)6-5-7-13(11)19-9-8-16-14(18)20-15(2,3)4/h5-7,17H,8-10H2,1-4H3,(H,16,18). The zero-order valence-electron chi connectivity index (χ0n) is 12.5. The molecule has 0 saturated heterocycles. The highest BCUT2D eigenvalue weighted by molar-refractivity contribution is 5.67. The summed E-state index contributed by atoms with van der Waals surface area (Å²) in [6.45, 7) is 8.01. The van der Waals surface area contributed by atoms with E-state index in [0.717, 1.165) is 11.1 Å². The number of aliphatic hydroxyl groups excluding tert-OH is 1. The number of carbonyl (C=O) groups is 1. The Morgan fingerprint density at radius 3 is 2.65 bits per heavy atom. The number of hydrogen-bond acceptors (Lipinski definition) is 4. The molecule has 0 radical (unpaired) electrons. The van der Waals surface area contributed by atoms with E-state index in [1.807, 2.05) is 45.9 Å². The zero-order valence-corrected chi connectivity index (χ0v) is 12.5. The van der Waals surface area contributed by atoms with Gasteiger partial charge in [0.2, 0.25) is 0 Å². The van der Waals surface area contributed by atoms with Crippen molar-refractivity contribution in [2.24, 2.45) is 0 Å². The molecule has 1 aromatic rings. The molecule has 0 saturated carbocycles. The van der Waals surface area contributed by atoms with Crippen molar-refractivity contribution >= 4 is 6.09 Å². The van der Waals surface area contributed by atoms with E-state index in [1.165, 1.54) is 0 Å². The van der Waals surface area contributed by atoms with Crippen molar-refractivity contribution in [3.8, 4) is 5.75 Å². The Morgan fingerprint density at radius 2 is 2.05 bits per heavy atom. The highest BCUT2D eigenvalue weighted by Gasteiger charge is 2.15. The number of aliphatic hydroxyl groups is 1. The van der Waals surface area contributed by atoms with Crippen molar-refractivity contribution in [3.05, 3.63) is 29.3 Å². The van der Waals surface area contributed by atoms with Crippen LogP contribution in [-0.4, -0.2) is 30.0 Å². The van der Waals surface area contributed by atoms with E-state index in [9.17, 15) is 4.79 Å². The highest BCUT2D eigenvalue weighted by Crippen LogP contribution is 2.21. The third kappa shape index (κ3) is 5.48. The van der Waals surface area contributed by atoms with E-state index >= 15 is 0 Å². The molecular weight excluding hydrogens is 258 g/mol. The first-order valence-corrected chi connectivity index (χ1v) is 6.62. The molecule has 0 fully saturated rings. The summed E-state index contributed by atoms with van der Waals surface area (Å²) in [5.74, 6) is 0.711. The molecule has 1 rings (SSSR count). The number of alkyl carbamates (subject to hydrolysis) is 1. The quantitative estimate of drug-likeness (QED) is 0.813. The first-order valence-electron chi connectivity index (χ1n) is 6.62. The largest absolute Gasteiger partial charge is 0.491 e. The van der Waals surface area contributed by atoms with Crippen molar-refractivity contribution in [3.63, 3.8) is 0 Å². The molecule has 20 heavy (non-hydrogen) atoms. The number of hydrogen-bond donors (Lipinski definition) is 2. The summed E-state index contributed by atoms with van der Waals surface area (Å²) in [5, 5.41) is 11.8. The highest BCUT2D eigenvalue weighted by atomic mass is 16.6. The molecule has 0 spiro atoms. The minimum absolute atomic E-state index is 0.0147. The van der Waals surface area contributed by atoms with Gasteiger partial charge < -0.3 is 19.9 Å². The van der Waals surface area contributed by atoms with Crippen molar-refractivity contribution in [2.75, 3.05) is 13.2 Å². The second kappa shape index (κ2) is 7.14. The third-order valence-corrected chi connectivity index (χ3v) is 2.59.